The molecule has 36 heavy (non-hydrogen) atoms. The Bertz CT molecular complexity index is 651. The SMILES string of the molecule is COC(=O)CCCCCCC1C(O[Si](C)(C)C(C)(C)C)CC(O[Si](C)(C)C(C)(C)C)C1CCCCO. The Morgan fingerprint density at radius 3 is 1.56 bits per heavy atom. The molecule has 0 heterocycles. The van der Waals surface area contributed by atoms with Gasteiger partial charge in [0.1, 0.15) is 0 Å². The van der Waals surface area contributed by atoms with Gasteiger partial charge in [0.05, 0.1) is 19.3 Å². The van der Waals surface area contributed by atoms with Crippen LogP contribution in [0.1, 0.15) is 106 Å². The molecule has 5 nitrogen and oxygen atoms in total. The largest absolute Gasteiger partial charge is 0.469 e. The Balaban J connectivity index is 3.08. The molecule has 1 rings (SSSR count). The fourth-order valence-electron chi connectivity index (χ4n) is 4.91. The Hall–Kier alpha value is -0.216. The highest BCUT2D eigenvalue weighted by Gasteiger charge is 2.50. The first kappa shape index (κ1) is 33.8. The van der Waals surface area contributed by atoms with E-state index in [1.54, 1.807) is 0 Å². The van der Waals surface area contributed by atoms with Crippen molar-refractivity contribution in [2.75, 3.05) is 13.7 Å². The average Bonchev–Trinajstić information content (AvgIpc) is 3.03. The fourth-order valence-corrected chi connectivity index (χ4v) is 7.67. The number of methoxy groups -OCH3 is 1. The van der Waals surface area contributed by atoms with Crippen LogP contribution in [0.3, 0.4) is 0 Å². The Morgan fingerprint density at radius 2 is 1.17 bits per heavy atom. The molecule has 4 atom stereocenters. The second kappa shape index (κ2) is 14.2. The molecular weight excluding hydrogens is 484 g/mol. The number of unbranched alkanes of at least 4 members (excludes halogenated alkanes) is 4. The van der Waals surface area contributed by atoms with Crippen molar-refractivity contribution in [1.29, 1.82) is 0 Å². The first-order valence-electron chi connectivity index (χ1n) is 14.5. The standard InChI is InChI=1S/C29H60O5Si2/c1-28(2,3)35(8,9)33-25-22-26(34-36(10,11)29(4,5)6)24(19-16-17-21-30)23(25)18-14-12-13-15-20-27(31)32-7/h23-26,30H,12-22H2,1-11H3. The second-order valence-corrected chi connectivity index (χ2v) is 23.7. The number of hydrogen-bond acceptors (Lipinski definition) is 5. The molecule has 0 radical (unpaired) electrons. The normalized spacial score (nSPS) is 23.8. The van der Waals surface area contributed by atoms with E-state index in [4.69, 9.17) is 13.6 Å². The lowest BCUT2D eigenvalue weighted by Crippen LogP contribution is -2.45. The molecule has 0 amide bonds. The summed E-state index contributed by atoms with van der Waals surface area (Å²) in [5.41, 5.74) is 0. The third-order valence-corrected chi connectivity index (χ3v) is 18.3. The van der Waals surface area contributed by atoms with Gasteiger partial charge in [-0.1, -0.05) is 67.2 Å². The van der Waals surface area contributed by atoms with Gasteiger partial charge in [-0.2, -0.15) is 0 Å². The summed E-state index contributed by atoms with van der Waals surface area (Å²) in [7, 11) is -2.37. The molecule has 4 unspecified atom stereocenters. The second-order valence-electron chi connectivity index (χ2n) is 14.1. The summed E-state index contributed by atoms with van der Waals surface area (Å²) in [6, 6.07) is 0. The number of aliphatic hydroxyl groups is 1. The maximum absolute atomic E-state index is 11.4. The molecule has 0 saturated heterocycles. The minimum Gasteiger partial charge on any atom is -0.469 e. The van der Waals surface area contributed by atoms with E-state index in [2.05, 4.69) is 67.7 Å². The van der Waals surface area contributed by atoms with E-state index in [0.717, 1.165) is 57.8 Å². The minimum atomic E-state index is -1.92. The third kappa shape index (κ3) is 10.2. The summed E-state index contributed by atoms with van der Waals surface area (Å²) in [6.45, 7) is 23.7. The van der Waals surface area contributed by atoms with Gasteiger partial charge in [0.2, 0.25) is 0 Å². The Morgan fingerprint density at radius 1 is 0.750 bits per heavy atom. The molecule has 1 fully saturated rings. The number of carbonyl (C=O) groups is 1. The molecule has 0 bridgehead atoms. The summed E-state index contributed by atoms with van der Waals surface area (Å²) in [5.74, 6) is 0.868. The number of carbonyl (C=O) groups excluding carboxylic acids is 1. The van der Waals surface area contributed by atoms with Crippen LogP contribution in [0.4, 0.5) is 0 Å². The van der Waals surface area contributed by atoms with Gasteiger partial charge in [0.25, 0.3) is 0 Å². The zero-order chi connectivity index (χ0) is 27.8. The van der Waals surface area contributed by atoms with Crippen molar-refractivity contribution in [3.8, 4) is 0 Å². The highest BCUT2D eigenvalue weighted by atomic mass is 28.4. The van der Waals surface area contributed by atoms with E-state index in [1.165, 1.54) is 7.11 Å². The van der Waals surface area contributed by atoms with Crippen LogP contribution >= 0.6 is 0 Å². The molecular formula is C29H60O5Si2. The molecule has 0 aliphatic heterocycles. The molecule has 0 spiro atoms. The minimum absolute atomic E-state index is 0.108. The lowest BCUT2D eigenvalue weighted by atomic mass is 9.85. The summed E-state index contributed by atoms with van der Waals surface area (Å²) in [5, 5.41) is 9.82. The van der Waals surface area contributed by atoms with Crippen molar-refractivity contribution in [3.05, 3.63) is 0 Å². The van der Waals surface area contributed by atoms with Crippen LogP contribution < -0.4 is 0 Å². The summed E-state index contributed by atoms with van der Waals surface area (Å²) >= 11 is 0. The quantitative estimate of drug-likeness (QED) is 0.128. The zero-order valence-corrected chi connectivity index (χ0v) is 27.7. The molecule has 0 aromatic rings. The zero-order valence-electron chi connectivity index (χ0n) is 25.7. The highest BCUT2D eigenvalue weighted by Crippen LogP contribution is 2.49. The van der Waals surface area contributed by atoms with E-state index in [-0.39, 0.29) is 34.9 Å². The van der Waals surface area contributed by atoms with Crippen LogP contribution in [0.25, 0.3) is 0 Å². The van der Waals surface area contributed by atoms with Crippen LogP contribution in [0.2, 0.25) is 36.3 Å². The van der Waals surface area contributed by atoms with Crippen LogP contribution in [-0.2, 0) is 18.4 Å². The Kier molecular flexibility index (Phi) is 13.4. The van der Waals surface area contributed by atoms with Gasteiger partial charge in [-0.15, -0.1) is 0 Å². The lowest BCUT2D eigenvalue weighted by molar-refractivity contribution is -0.140. The number of esters is 1. The molecule has 0 aromatic carbocycles. The van der Waals surface area contributed by atoms with Crippen molar-refractivity contribution >= 4 is 22.6 Å². The maximum Gasteiger partial charge on any atom is 0.305 e. The summed E-state index contributed by atoms with van der Waals surface area (Å²) in [4.78, 5) is 11.4. The number of rotatable bonds is 15. The smallest absolute Gasteiger partial charge is 0.305 e. The van der Waals surface area contributed by atoms with E-state index in [9.17, 15) is 9.90 Å². The molecule has 1 N–H and O–H groups in total. The van der Waals surface area contributed by atoms with Crippen molar-refractivity contribution in [2.24, 2.45) is 11.8 Å². The fraction of sp³-hybridized carbons (Fsp3) is 0.966. The van der Waals surface area contributed by atoms with E-state index < -0.39 is 16.6 Å². The summed E-state index contributed by atoms with van der Waals surface area (Å²) in [6.07, 6.45) is 10.4. The number of ether oxygens (including phenoxy) is 1. The lowest BCUT2D eigenvalue weighted by Gasteiger charge is -2.40. The van der Waals surface area contributed by atoms with E-state index in [1.807, 2.05) is 0 Å². The predicted octanol–water partition coefficient (Wildman–Crippen LogP) is 8.08. The van der Waals surface area contributed by atoms with Crippen LogP contribution in [0.5, 0.6) is 0 Å². The Labute approximate surface area is 225 Å². The first-order valence-corrected chi connectivity index (χ1v) is 20.3. The summed E-state index contributed by atoms with van der Waals surface area (Å²) < 4.78 is 19.0. The topological polar surface area (TPSA) is 65.0 Å². The molecule has 1 aliphatic rings. The molecule has 1 aliphatic carbocycles. The molecule has 1 saturated carbocycles. The van der Waals surface area contributed by atoms with Crippen LogP contribution in [0, 0.1) is 11.8 Å². The van der Waals surface area contributed by atoms with Crippen molar-refractivity contribution in [3.63, 3.8) is 0 Å². The van der Waals surface area contributed by atoms with E-state index in [0.29, 0.717) is 18.3 Å². The van der Waals surface area contributed by atoms with Crippen LogP contribution in [0.15, 0.2) is 0 Å². The van der Waals surface area contributed by atoms with E-state index >= 15 is 0 Å². The van der Waals surface area contributed by atoms with Gasteiger partial charge in [-0.3, -0.25) is 4.79 Å². The van der Waals surface area contributed by atoms with Gasteiger partial charge in [0, 0.05) is 13.0 Å². The van der Waals surface area contributed by atoms with Crippen molar-refractivity contribution in [2.45, 2.75) is 154 Å². The average molecular weight is 545 g/mol. The molecule has 0 aromatic heterocycles. The van der Waals surface area contributed by atoms with Crippen LogP contribution in [-0.4, -0.2) is 53.6 Å². The third-order valence-electron chi connectivity index (χ3n) is 9.32. The number of hydrogen-bond donors (Lipinski definition) is 1. The molecule has 214 valence electrons. The van der Waals surface area contributed by atoms with Crippen molar-refractivity contribution < 1.29 is 23.5 Å². The highest BCUT2D eigenvalue weighted by molar-refractivity contribution is 6.74. The van der Waals surface area contributed by atoms with Gasteiger partial charge >= 0.3 is 5.97 Å². The van der Waals surface area contributed by atoms with Gasteiger partial charge in [-0.25, -0.2) is 0 Å². The molecule has 7 heteroatoms. The van der Waals surface area contributed by atoms with Crippen molar-refractivity contribution in [1.82, 2.24) is 0 Å². The first-order chi connectivity index (χ1) is 16.5. The van der Waals surface area contributed by atoms with Gasteiger partial charge in [0.15, 0.2) is 16.6 Å². The van der Waals surface area contributed by atoms with Gasteiger partial charge in [-0.05, 0) is 80.2 Å². The predicted molar refractivity (Wildman–Crippen MR) is 156 cm³/mol. The number of aliphatic hydroxyl groups excluding tert-OH is 1. The maximum atomic E-state index is 11.4. The van der Waals surface area contributed by atoms with Gasteiger partial charge < -0.3 is 18.7 Å². The monoisotopic (exact) mass is 544 g/mol.